The van der Waals surface area contributed by atoms with Gasteiger partial charge in [-0.1, -0.05) is 39.0 Å². The Morgan fingerprint density at radius 3 is 2.64 bits per heavy atom. The van der Waals surface area contributed by atoms with Crippen molar-refractivity contribution < 1.29 is 9.59 Å². The van der Waals surface area contributed by atoms with Crippen molar-refractivity contribution in [1.29, 1.82) is 0 Å². The van der Waals surface area contributed by atoms with Crippen LogP contribution in [0.5, 0.6) is 0 Å². The van der Waals surface area contributed by atoms with Gasteiger partial charge in [0, 0.05) is 19.5 Å². The fraction of sp³-hybridized carbons (Fsp3) is 0.556. The standard InChI is InChI=1S/C18H24N2O2/c1-18(2,3)14-5-4-12-8-9-20(11-13(12)10-14)17(22)15-6-7-16(21)19-15/h4-5,10,15H,6-9,11H2,1-3H3,(H,19,21)/t15-/m1/s1. The van der Waals surface area contributed by atoms with Crippen molar-refractivity contribution in [1.82, 2.24) is 10.2 Å². The molecular weight excluding hydrogens is 276 g/mol. The molecule has 1 aromatic rings. The van der Waals surface area contributed by atoms with Crippen molar-refractivity contribution in [2.75, 3.05) is 6.54 Å². The molecule has 1 fully saturated rings. The topological polar surface area (TPSA) is 49.4 Å². The summed E-state index contributed by atoms with van der Waals surface area (Å²) in [5, 5.41) is 2.78. The van der Waals surface area contributed by atoms with E-state index in [0.717, 1.165) is 13.0 Å². The van der Waals surface area contributed by atoms with Crippen molar-refractivity contribution in [3.8, 4) is 0 Å². The van der Waals surface area contributed by atoms with Crippen molar-refractivity contribution in [2.24, 2.45) is 0 Å². The van der Waals surface area contributed by atoms with E-state index in [1.807, 2.05) is 4.90 Å². The number of carbonyl (C=O) groups is 2. The number of nitrogens with one attached hydrogen (secondary N) is 1. The molecule has 1 atom stereocenters. The van der Waals surface area contributed by atoms with Crippen LogP contribution in [0.25, 0.3) is 0 Å². The third-order valence-electron chi connectivity index (χ3n) is 4.69. The zero-order valence-electron chi connectivity index (χ0n) is 13.6. The Hall–Kier alpha value is -1.84. The summed E-state index contributed by atoms with van der Waals surface area (Å²) in [4.78, 5) is 25.8. The molecule has 0 radical (unpaired) electrons. The lowest BCUT2D eigenvalue weighted by atomic mass is 9.84. The predicted octanol–water partition coefficient (Wildman–Crippen LogP) is 2.15. The summed E-state index contributed by atoms with van der Waals surface area (Å²) >= 11 is 0. The van der Waals surface area contributed by atoms with Gasteiger partial charge in [-0.2, -0.15) is 0 Å². The van der Waals surface area contributed by atoms with Crippen molar-refractivity contribution >= 4 is 11.8 Å². The summed E-state index contributed by atoms with van der Waals surface area (Å²) in [5.74, 6) is 0.0587. The molecule has 3 rings (SSSR count). The number of carbonyl (C=O) groups excluding carboxylic acids is 2. The predicted molar refractivity (Wildman–Crippen MR) is 85.4 cm³/mol. The normalized spacial score (nSPS) is 21.5. The van der Waals surface area contributed by atoms with Gasteiger partial charge in [0.15, 0.2) is 0 Å². The van der Waals surface area contributed by atoms with Gasteiger partial charge in [-0.3, -0.25) is 9.59 Å². The fourth-order valence-corrected chi connectivity index (χ4v) is 3.23. The molecule has 0 saturated carbocycles. The van der Waals surface area contributed by atoms with E-state index in [9.17, 15) is 9.59 Å². The van der Waals surface area contributed by atoms with E-state index in [2.05, 4.69) is 44.3 Å². The molecule has 2 amide bonds. The molecule has 1 N–H and O–H groups in total. The molecule has 0 spiro atoms. The van der Waals surface area contributed by atoms with Gasteiger partial charge < -0.3 is 10.2 Å². The molecule has 4 nitrogen and oxygen atoms in total. The van der Waals surface area contributed by atoms with Gasteiger partial charge in [0.05, 0.1) is 0 Å². The number of hydrogen-bond donors (Lipinski definition) is 1. The summed E-state index contributed by atoms with van der Waals surface area (Å²) in [6.45, 7) is 8.01. The average Bonchev–Trinajstić information content (AvgIpc) is 2.91. The number of fused-ring (bicyclic) bond motifs is 1. The van der Waals surface area contributed by atoms with Crippen LogP contribution < -0.4 is 5.32 Å². The van der Waals surface area contributed by atoms with E-state index in [0.29, 0.717) is 19.4 Å². The van der Waals surface area contributed by atoms with Crippen LogP contribution in [0.2, 0.25) is 0 Å². The summed E-state index contributed by atoms with van der Waals surface area (Å²) in [5.41, 5.74) is 4.00. The Labute approximate surface area is 131 Å². The molecule has 22 heavy (non-hydrogen) atoms. The summed E-state index contributed by atoms with van der Waals surface area (Å²) in [6, 6.07) is 6.32. The molecule has 0 unspecified atom stereocenters. The highest BCUT2D eigenvalue weighted by atomic mass is 16.2. The lowest BCUT2D eigenvalue weighted by molar-refractivity contribution is -0.135. The van der Waals surface area contributed by atoms with Crippen LogP contribution in [0.15, 0.2) is 18.2 Å². The number of amides is 2. The first-order chi connectivity index (χ1) is 10.3. The Kier molecular flexibility index (Phi) is 3.71. The number of nitrogens with zero attached hydrogens (tertiary/aromatic N) is 1. The molecule has 2 aliphatic heterocycles. The number of rotatable bonds is 1. The van der Waals surface area contributed by atoms with Crippen LogP contribution in [-0.4, -0.2) is 29.3 Å². The monoisotopic (exact) mass is 300 g/mol. The maximum atomic E-state index is 12.5. The smallest absolute Gasteiger partial charge is 0.245 e. The Morgan fingerprint density at radius 2 is 2.00 bits per heavy atom. The van der Waals surface area contributed by atoms with Crippen molar-refractivity contribution in [2.45, 2.75) is 58.0 Å². The minimum atomic E-state index is -0.320. The largest absolute Gasteiger partial charge is 0.344 e. The first-order valence-electron chi connectivity index (χ1n) is 8.05. The van der Waals surface area contributed by atoms with E-state index in [-0.39, 0.29) is 23.3 Å². The summed E-state index contributed by atoms with van der Waals surface area (Å²) in [6.07, 6.45) is 1.99. The van der Waals surface area contributed by atoms with E-state index >= 15 is 0 Å². The number of benzene rings is 1. The van der Waals surface area contributed by atoms with Crippen LogP contribution in [0, 0.1) is 0 Å². The molecule has 0 aromatic heterocycles. The first kappa shape index (κ1) is 15.1. The maximum absolute atomic E-state index is 12.5. The molecular formula is C18H24N2O2. The molecule has 1 aromatic carbocycles. The Bertz CT molecular complexity index is 616. The van der Waals surface area contributed by atoms with Crippen molar-refractivity contribution in [3.63, 3.8) is 0 Å². The zero-order valence-corrected chi connectivity index (χ0v) is 13.6. The highest BCUT2D eigenvalue weighted by molar-refractivity contribution is 5.90. The van der Waals surface area contributed by atoms with Crippen LogP contribution in [0.3, 0.4) is 0 Å². The second kappa shape index (κ2) is 5.41. The molecule has 118 valence electrons. The van der Waals surface area contributed by atoms with Gasteiger partial charge in [-0.15, -0.1) is 0 Å². The third-order valence-corrected chi connectivity index (χ3v) is 4.69. The van der Waals surface area contributed by atoms with Gasteiger partial charge in [-0.05, 0) is 34.9 Å². The second-order valence-electron chi connectivity index (χ2n) is 7.40. The molecule has 1 saturated heterocycles. The van der Waals surface area contributed by atoms with Gasteiger partial charge >= 0.3 is 0 Å². The summed E-state index contributed by atoms with van der Waals surface area (Å²) in [7, 11) is 0. The molecule has 4 heteroatoms. The minimum absolute atomic E-state index is 0.00854. The fourth-order valence-electron chi connectivity index (χ4n) is 3.23. The quantitative estimate of drug-likeness (QED) is 0.864. The maximum Gasteiger partial charge on any atom is 0.245 e. The van der Waals surface area contributed by atoms with Crippen LogP contribution in [-0.2, 0) is 28.0 Å². The lowest BCUT2D eigenvalue weighted by Crippen LogP contribution is -2.46. The highest BCUT2D eigenvalue weighted by Crippen LogP contribution is 2.28. The highest BCUT2D eigenvalue weighted by Gasteiger charge is 2.32. The van der Waals surface area contributed by atoms with Crippen molar-refractivity contribution in [3.05, 3.63) is 34.9 Å². The summed E-state index contributed by atoms with van der Waals surface area (Å²) < 4.78 is 0. The molecule has 0 aliphatic carbocycles. The zero-order chi connectivity index (χ0) is 15.9. The minimum Gasteiger partial charge on any atom is -0.344 e. The Balaban J connectivity index is 1.78. The third kappa shape index (κ3) is 2.87. The average molecular weight is 300 g/mol. The van der Waals surface area contributed by atoms with E-state index in [1.54, 1.807) is 0 Å². The van der Waals surface area contributed by atoms with Gasteiger partial charge in [0.2, 0.25) is 11.8 Å². The van der Waals surface area contributed by atoms with Gasteiger partial charge in [0.25, 0.3) is 0 Å². The van der Waals surface area contributed by atoms with Gasteiger partial charge in [-0.25, -0.2) is 0 Å². The van der Waals surface area contributed by atoms with E-state index in [4.69, 9.17) is 0 Å². The second-order valence-corrected chi connectivity index (χ2v) is 7.40. The van der Waals surface area contributed by atoms with E-state index < -0.39 is 0 Å². The van der Waals surface area contributed by atoms with Gasteiger partial charge in [0.1, 0.15) is 6.04 Å². The van der Waals surface area contributed by atoms with Crippen LogP contribution >= 0.6 is 0 Å². The first-order valence-corrected chi connectivity index (χ1v) is 8.05. The number of hydrogen-bond acceptors (Lipinski definition) is 2. The van der Waals surface area contributed by atoms with E-state index in [1.165, 1.54) is 16.7 Å². The Morgan fingerprint density at radius 1 is 1.23 bits per heavy atom. The SMILES string of the molecule is CC(C)(C)c1ccc2c(c1)CN(C(=O)[C@H]1CCC(=O)N1)CC2. The lowest BCUT2D eigenvalue weighted by Gasteiger charge is -2.32. The van der Waals surface area contributed by atoms with Crippen LogP contribution in [0.4, 0.5) is 0 Å². The molecule has 0 bridgehead atoms. The van der Waals surface area contributed by atoms with Crippen LogP contribution in [0.1, 0.15) is 50.3 Å². The molecule has 2 heterocycles. The molecule has 2 aliphatic rings.